The number of para-hydroxylation sites is 1. The van der Waals surface area contributed by atoms with Gasteiger partial charge in [0.15, 0.2) is 0 Å². The van der Waals surface area contributed by atoms with Gasteiger partial charge in [-0.1, -0.05) is 6.07 Å². The Kier molecular flexibility index (Phi) is 3.66. The van der Waals surface area contributed by atoms with Crippen LogP contribution >= 0.6 is 15.9 Å². The summed E-state index contributed by atoms with van der Waals surface area (Å²) in [5.41, 5.74) is 0.124. The van der Waals surface area contributed by atoms with E-state index in [1.165, 1.54) is 6.07 Å². The normalized spacial score (nSPS) is 10.3. The smallest absolute Gasteiger partial charge is 0.339 e. The minimum atomic E-state index is -1.02. The summed E-state index contributed by atoms with van der Waals surface area (Å²) in [5, 5.41) is 9.08. The number of ether oxygens (including phenoxy) is 1. The highest BCUT2D eigenvalue weighted by atomic mass is 79.9. The van der Waals surface area contributed by atoms with Crippen LogP contribution in [0.5, 0.6) is 5.75 Å². The van der Waals surface area contributed by atoms with E-state index in [1.807, 2.05) is 11.6 Å². The molecule has 0 radical (unpaired) electrons. The van der Waals surface area contributed by atoms with Gasteiger partial charge in [0.2, 0.25) is 0 Å². The maximum atomic E-state index is 11.1. The highest BCUT2D eigenvalue weighted by molar-refractivity contribution is 9.10. The van der Waals surface area contributed by atoms with Crippen LogP contribution in [0.15, 0.2) is 35.1 Å². The summed E-state index contributed by atoms with van der Waals surface area (Å²) in [6.07, 6.45) is 3.47. The van der Waals surface area contributed by atoms with E-state index in [1.54, 1.807) is 24.5 Å². The van der Waals surface area contributed by atoms with Gasteiger partial charge >= 0.3 is 5.97 Å². The summed E-state index contributed by atoms with van der Waals surface area (Å²) >= 11 is 3.28. The van der Waals surface area contributed by atoms with Gasteiger partial charge in [-0.2, -0.15) is 0 Å². The van der Waals surface area contributed by atoms with Crippen molar-refractivity contribution in [2.75, 3.05) is 0 Å². The molecule has 6 heteroatoms. The largest absolute Gasteiger partial charge is 0.484 e. The van der Waals surface area contributed by atoms with Gasteiger partial charge < -0.3 is 14.4 Å². The lowest BCUT2D eigenvalue weighted by atomic mass is 10.2. The third kappa shape index (κ3) is 2.53. The van der Waals surface area contributed by atoms with E-state index in [9.17, 15) is 4.79 Å². The van der Waals surface area contributed by atoms with E-state index in [2.05, 4.69) is 20.9 Å². The fourth-order valence-corrected chi connectivity index (χ4v) is 1.98. The molecule has 1 aromatic heterocycles. The number of carboxylic acid groups (broad SMARTS) is 1. The first-order chi connectivity index (χ1) is 8.59. The first-order valence-electron chi connectivity index (χ1n) is 5.20. The van der Waals surface area contributed by atoms with E-state index in [4.69, 9.17) is 9.84 Å². The summed E-state index contributed by atoms with van der Waals surface area (Å²) in [4.78, 5) is 15.2. The minimum Gasteiger partial charge on any atom is -0.484 e. The van der Waals surface area contributed by atoms with Crippen molar-refractivity contribution in [3.63, 3.8) is 0 Å². The molecule has 2 rings (SSSR count). The molecule has 1 N–H and O–H groups in total. The molecule has 0 amide bonds. The van der Waals surface area contributed by atoms with Gasteiger partial charge in [-0.05, 0) is 28.1 Å². The van der Waals surface area contributed by atoms with Gasteiger partial charge in [0, 0.05) is 19.4 Å². The highest BCUT2D eigenvalue weighted by Crippen LogP contribution is 2.29. The van der Waals surface area contributed by atoms with Crippen molar-refractivity contribution in [3.05, 3.63) is 46.5 Å². The highest BCUT2D eigenvalue weighted by Gasteiger charge is 2.14. The maximum absolute atomic E-state index is 11.1. The summed E-state index contributed by atoms with van der Waals surface area (Å²) in [5.74, 6) is 0.0150. The molecule has 94 valence electrons. The number of hydrogen-bond donors (Lipinski definition) is 1. The third-order valence-corrected chi connectivity index (χ3v) is 3.09. The molecule has 1 aromatic carbocycles. The number of rotatable bonds is 4. The predicted molar refractivity (Wildman–Crippen MR) is 68.6 cm³/mol. The summed E-state index contributed by atoms with van der Waals surface area (Å²) in [6.45, 7) is 0.215. The Morgan fingerprint density at radius 2 is 2.33 bits per heavy atom. The van der Waals surface area contributed by atoms with Crippen molar-refractivity contribution < 1.29 is 14.6 Å². The molecule has 5 nitrogen and oxygen atoms in total. The van der Waals surface area contributed by atoms with Crippen molar-refractivity contribution in [2.45, 2.75) is 6.61 Å². The number of benzene rings is 1. The van der Waals surface area contributed by atoms with Crippen LogP contribution in [-0.2, 0) is 13.7 Å². The number of halogens is 1. The zero-order chi connectivity index (χ0) is 13.1. The van der Waals surface area contributed by atoms with Crippen molar-refractivity contribution >= 4 is 21.9 Å². The molecule has 0 atom stereocenters. The molecular formula is C12H11BrN2O3. The summed E-state index contributed by atoms with van der Waals surface area (Å²) in [7, 11) is 1.85. The van der Waals surface area contributed by atoms with E-state index >= 15 is 0 Å². The van der Waals surface area contributed by atoms with Crippen LogP contribution in [0.1, 0.15) is 16.2 Å². The van der Waals surface area contributed by atoms with Crippen LogP contribution < -0.4 is 4.74 Å². The van der Waals surface area contributed by atoms with Crippen LogP contribution in [0.25, 0.3) is 0 Å². The number of nitrogens with zero attached hydrogens (tertiary/aromatic N) is 2. The Bertz CT molecular complexity index is 580. The SMILES string of the molecule is Cn1ccnc1COc1c(Br)cccc1C(=O)O. The number of aromatic nitrogens is 2. The zero-order valence-electron chi connectivity index (χ0n) is 9.63. The van der Waals surface area contributed by atoms with E-state index in [0.717, 1.165) is 5.82 Å². The number of carboxylic acids is 1. The second kappa shape index (κ2) is 5.22. The van der Waals surface area contributed by atoms with Gasteiger partial charge in [0.25, 0.3) is 0 Å². The first kappa shape index (κ1) is 12.6. The van der Waals surface area contributed by atoms with Crippen molar-refractivity contribution in [1.29, 1.82) is 0 Å². The van der Waals surface area contributed by atoms with Crippen LogP contribution in [0.3, 0.4) is 0 Å². The number of imidazole rings is 1. The topological polar surface area (TPSA) is 64.4 Å². The van der Waals surface area contributed by atoms with E-state index in [-0.39, 0.29) is 12.2 Å². The molecular weight excluding hydrogens is 300 g/mol. The van der Waals surface area contributed by atoms with E-state index in [0.29, 0.717) is 10.2 Å². The van der Waals surface area contributed by atoms with E-state index < -0.39 is 5.97 Å². The van der Waals surface area contributed by atoms with Crippen molar-refractivity contribution in [3.8, 4) is 5.75 Å². The fraction of sp³-hybridized carbons (Fsp3) is 0.167. The van der Waals surface area contributed by atoms with Gasteiger partial charge in [0.05, 0.1) is 4.47 Å². The molecule has 18 heavy (non-hydrogen) atoms. The molecule has 0 aliphatic heterocycles. The van der Waals surface area contributed by atoms with Crippen molar-refractivity contribution in [2.24, 2.45) is 7.05 Å². The average Bonchev–Trinajstić information content (AvgIpc) is 2.73. The van der Waals surface area contributed by atoms with Gasteiger partial charge in [-0.3, -0.25) is 0 Å². The summed E-state index contributed by atoms with van der Waals surface area (Å²) in [6, 6.07) is 4.89. The quantitative estimate of drug-likeness (QED) is 0.942. The van der Waals surface area contributed by atoms with Gasteiger partial charge in [-0.15, -0.1) is 0 Å². The molecule has 0 unspecified atom stereocenters. The molecule has 2 aromatic rings. The van der Waals surface area contributed by atoms with Crippen LogP contribution in [-0.4, -0.2) is 20.6 Å². The van der Waals surface area contributed by atoms with Gasteiger partial charge in [0.1, 0.15) is 23.7 Å². The third-order valence-electron chi connectivity index (χ3n) is 2.46. The number of hydrogen-bond acceptors (Lipinski definition) is 3. The Morgan fingerprint density at radius 1 is 1.56 bits per heavy atom. The molecule has 0 fully saturated rings. The van der Waals surface area contributed by atoms with Gasteiger partial charge in [-0.25, -0.2) is 9.78 Å². The van der Waals surface area contributed by atoms with Crippen LogP contribution in [0, 0.1) is 0 Å². The molecule has 0 bridgehead atoms. The number of aryl methyl sites for hydroxylation is 1. The molecule has 1 heterocycles. The standard InChI is InChI=1S/C12H11BrN2O3/c1-15-6-5-14-10(15)7-18-11-8(12(16)17)3-2-4-9(11)13/h2-6H,7H2,1H3,(H,16,17). The van der Waals surface area contributed by atoms with Crippen molar-refractivity contribution in [1.82, 2.24) is 9.55 Å². The minimum absolute atomic E-state index is 0.124. The molecule has 0 saturated carbocycles. The lowest BCUT2D eigenvalue weighted by molar-refractivity contribution is 0.0691. The Morgan fingerprint density at radius 3 is 2.94 bits per heavy atom. The lowest BCUT2D eigenvalue weighted by Crippen LogP contribution is -2.07. The molecule has 0 saturated heterocycles. The Labute approximate surface area is 112 Å². The molecule has 0 spiro atoms. The fourth-order valence-electron chi connectivity index (χ4n) is 1.50. The number of aromatic carboxylic acids is 1. The molecule has 0 aliphatic rings. The monoisotopic (exact) mass is 310 g/mol. The first-order valence-corrected chi connectivity index (χ1v) is 5.99. The summed E-state index contributed by atoms with van der Waals surface area (Å²) < 4.78 is 7.97. The number of carbonyl (C=O) groups is 1. The van der Waals surface area contributed by atoms with Crippen LogP contribution in [0.2, 0.25) is 0 Å². The second-order valence-electron chi connectivity index (χ2n) is 3.66. The maximum Gasteiger partial charge on any atom is 0.339 e. The average molecular weight is 311 g/mol. The predicted octanol–water partition coefficient (Wildman–Crippen LogP) is 2.46. The van der Waals surface area contributed by atoms with Crippen LogP contribution in [0.4, 0.5) is 0 Å². The Hall–Kier alpha value is -1.82. The molecule has 0 aliphatic carbocycles. The lowest BCUT2D eigenvalue weighted by Gasteiger charge is -2.10. The second-order valence-corrected chi connectivity index (χ2v) is 4.52. The zero-order valence-corrected chi connectivity index (χ0v) is 11.2. The Balaban J connectivity index is 2.24.